The van der Waals surface area contributed by atoms with Crippen molar-refractivity contribution in [2.24, 2.45) is 0 Å². The van der Waals surface area contributed by atoms with Crippen molar-refractivity contribution < 1.29 is 19.2 Å². The molecule has 12 rings (SSSR count). The summed E-state index contributed by atoms with van der Waals surface area (Å²) in [7, 11) is 0. The molecular formula is C60H48N2O4. The minimum absolute atomic E-state index is 0.269. The van der Waals surface area contributed by atoms with Crippen LogP contribution in [0.2, 0.25) is 0 Å². The Kier molecular flexibility index (Phi) is 9.49. The predicted molar refractivity (Wildman–Crippen MR) is 265 cm³/mol. The predicted octanol–water partition coefficient (Wildman–Crippen LogP) is 14.5. The molecule has 6 heteroatoms. The molecule has 66 heavy (non-hydrogen) atoms. The number of hydrogen-bond donors (Lipinski definition) is 0. The fraction of sp³-hybridized carbons (Fsp3) is 0.200. The molecule has 0 spiro atoms. The number of carbonyl (C=O) groups is 4. The Morgan fingerprint density at radius 3 is 1.05 bits per heavy atom. The van der Waals surface area contributed by atoms with Crippen LogP contribution in [0, 0.1) is 13.8 Å². The van der Waals surface area contributed by atoms with Crippen molar-refractivity contribution in [2.75, 3.05) is 9.80 Å². The van der Waals surface area contributed by atoms with Crippen molar-refractivity contribution >= 4 is 56.5 Å². The molecule has 322 valence electrons. The number of benzene rings is 8. The number of para-hydroxylation sites is 2. The standard InChI is InChI=1S/C60H48N2O4/c1-35-11-7-17-45(39-13-3-4-14-39)55(35)61-57(63)49-21-9-19-47-43(31-33-51(53(47)49)59(61)65)41-27-23-37(24-28-41)38-25-29-42(30-26-38)44-32-34-52-54-48(44)20-10-22-50(54)58(64)62(60(52)66)56-36(2)12-8-18-46(56)40-15-5-6-16-40/h7-12,17-34,39-40H,3-6,13-16H2,1-2H3. The molecule has 0 atom stereocenters. The highest BCUT2D eigenvalue weighted by Gasteiger charge is 2.39. The van der Waals surface area contributed by atoms with Crippen LogP contribution in [0.5, 0.6) is 0 Å². The third-order valence-electron chi connectivity index (χ3n) is 15.1. The molecule has 0 radical (unpaired) electrons. The Morgan fingerprint density at radius 1 is 0.348 bits per heavy atom. The van der Waals surface area contributed by atoms with E-state index in [1.54, 1.807) is 0 Å². The second kappa shape index (κ2) is 15.6. The Morgan fingerprint density at radius 2 is 0.667 bits per heavy atom. The topological polar surface area (TPSA) is 74.8 Å². The van der Waals surface area contributed by atoms with E-state index in [1.807, 2.05) is 98.8 Å². The highest BCUT2D eigenvalue weighted by molar-refractivity contribution is 6.38. The monoisotopic (exact) mass is 860 g/mol. The Balaban J connectivity index is 0.836. The maximum Gasteiger partial charge on any atom is 0.266 e. The van der Waals surface area contributed by atoms with Gasteiger partial charge in [-0.2, -0.15) is 0 Å². The normalized spacial score (nSPS) is 16.4. The second-order valence-corrected chi connectivity index (χ2v) is 18.8. The maximum absolute atomic E-state index is 14.4. The lowest BCUT2D eigenvalue weighted by molar-refractivity contribution is 0.0877. The first kappa shape index (κ1) is 40.1. The van der Waals surface area contributed by atoms with Gasteiger partial charge in [0.15, 0.2) is 0 Å². The number of rotatable bonds is 7. The summed E-state index contributed by atoms with van der Waals surface area (Å²) < 4.78 is 0. The first-order valence-electron chi connectivity index (χ1n) is 23.6. The van der Waals surface area contributed by atoms with E-state index in [0.717, 1.165) is 129 Å². The van der Waals surface area contributed by atoms with Gasteiger partial charge in [-0.3, -0.25) is 19.2 Å². The molecule has 2 aliphatic heterocycles. The van der Waals surface area contributed by atoms with Gasteiger partial charge < -0.3 is 0 Å². The fourth-order valence-corrected chi connectivity index (χ4v) is 11.9. The van der Waals surface area contributed by atoms with Gasteiger partial charge in [0.25, 0.3) is 23.6 Å². The molecule has 2 saturated carbocycles. The summed E-state index contributed by atoms with van der Waals surface area (Å²) >= 11 is 0. The van der Waals surface area contributed by atoms with E-state index in [9.17, 15) is 19.2 Å². The largest absolute Gasteiger partial charge is 0.268 e. The summed E-state index contributed by atoms with van der Waals surface area (Å²) in [6.45, 7) is 4.00. The van der Waals surface area contributed by atoms with E-state index in [0.29, 0.717) is 44.9 Å². The highest BCUT2D eigenvalue weighted by atomic mass is 16.2. The molecule has 4 aliphatic rings. The van der Waals surface area contributed by atoms with Gasteiger partial charge in [-0.25, -0.2) is 9.80 Å². The van der Waals surface area contributed by atoms with Crippen LogP contribution < -0.4 is 9.80 Å². The molecule has 0 bridgehead atoms. The average molecular weight is 861 g/mol. The van der Waals surface area contributed by atoms with E-state index in [2.05, 4.69) is 60.7 Å². The minimum Gasteiger partial charge on any atom is -0.268 e. The molecule has 6 nitrogen and oxygen atoms in total. The molecule has 2 aliphatic carbocycles. The van der Waals surface area contributed by atoms with Crippen LogP contribution >= 0.6 is 0 Å². The summed E-state index contributed by atoms with van der Waals surface area (Å²) in [6, 6.07) is 48.5. The van der Waals surface area contributed by atoms with Crippen LogP contribution in [0.1, 0.15) is 127 Å². The van der Waals surface area contributed by atoms with E-state index in [4.69, 9.17) is 0 Å². The molecule has 2 fully saturated rings. The number of amides is 4. The van der Waals surface area contributed by atoms with E-state index >= 15 is 0 Å². The first-order valence-corrected chi connectivity index (χ1v) is 23.6. The molecule has 0 saturated heterocycles. The highest BCUT2D eigenvalue weighted by Crippen LogP contribution is 2.46. The smallest absolute Gasteiger partial charge is 0.266 e. The van der Waals surface area contributed by atoms with Crippen molar-refractivity contribution in [3.63, 3.8) is 0 Å². The average Bonchev–Trinajstić information content (AvgIpc) is 4.10. The van der Waals surface area contributed by atoms with Gasteiger partial charge in [0.1, 0.15) is 0 Å². The molecule has 8 aromatic rings. The minimum atomic E-state index is -0.269. The SMILES string of the molecule is Cc1cccc(C2CCCC2)c1N1C(=O)c2cccc3c(-c4ccc(-c5ccc(-c6ccc7c8c(cccc68)C(=O)N(c6c(C)cccc6C6CCCC6)C7=O)cc5)cc4)ccc(c23)C1=O. The number of hydrogen-bond acceptors (Lipinski definition) is 4. The third-order valence-corrected chi connectivity index (χ3v) is 15.1. The second-order valence-electron chi connectivity index (χ2n) is 18.8. The molecule has 0 aromatic heterocycles. The van der Waals surface area contributed by atoms with Gasteiger partial charge in [-0.1, -0.05) is 147 Å². The zero-order valence-corrected chi connectivity index (χ0v) is 37.2. The van der Waals surface area contributed by atoms with Gasteiger partial charge >= 0.3 is 0 Å². The number of nitrogens with zero attached hydrogens (tertiary/aromatic N) is 2. The summed E-state index contributed by atoms with van der Waals surface area (Å²) in [5.74, 6) is -0.382. The van der Waals surface area contributed by atoms with Crippen molar-refractivity contribution in [3.8, 4) is 33.4 Å². The number of aryl methyl sites for hydroxylation is 2. The molecular weight excluding hydrogens is 813 g/mol. The molecule has 0 unspecified atom stereocenters. The van der Waals surface area contributed by atoms with Crippen molar-refractivity contribution in [1.29, 1.82) is 0 Å². The fourth-order valence-electron chi connectivity index (χ4n) is 11.9. The van der Waals surface area contributed by atoms with Crippen molar-refractivity contribution in [3.05, 3.63) is 190 Å². The zero-order valence-electron chi connectivity index (χ0n) is 37.2. The van der Waals surface area contributed by atoms with Crippen LogP contribution in [0.15, 0.2) is 146 Å². The lowest BCUT2D eigenvalue weighted by Crippen LogP contribution is -2.41. The van der Waals surface area contributed by atoms with Crippen LogP contribution in [0.3, 0.4) is 0 Å². The number of imide groups is 2. The van der Waals surface area contributed by atoms with Crippen molar-refractivity contribution in [1.82, 2.24) is 0 Å². The van der Waals surface area contributed by atoms with E-state index in [-0.39, 0.29) is 23.6 Å². The zero-order chi connectivity index (χ0) is 44.8. The van der Waals surface area contributed by atoms with Gasteiger partial charge in [-0.05, 0) is 142 Å². The maximum atomic E-state index is 14.4. The van der Waals surface area contributed by atoms with Crippen LogP contribution in [-0.4, -0.2) is 23.6 Å². The third kappa shape index (κ3) is 6.15. The van der Waals surface area contributed by atoms with E-state index in [1.165, 1.54) is 9.80 Å². The molecule has 2 heterocycles. The van der Waals surface area contributed by atoms with Crippen molar-refractivity contribution in [2.45, 2.75) is 77.0 Å². The first-order chi connectivity index (χ1) is 32.3. The lowest BCUT2D eigenvalue weighted by atomic mass is 9.87. The molecule has 8 aromatic carbocycles. The van der Waals surface area contributed by atoms with Crippen LogP contribution in [0.4, 0.5) is 11.4 Å². The summed E-state index contributed by atoms with van der Waals surface area (Å²) in [5, 5.41) is 3.18. The summed E-state index contributed by atoms with van der Waals surface area (Å²) in [5.41, 5.74) is 13.8. The van der Waals surface area contributed by atoms with Gasteiger partial charge in [0.2, 0.25) is 0 Å². The van der Waals surface area contributed by atoms with Gasteiger partial charge in [0, 0.05) is 33.0 Å². The Bertz CT molecular complexity index is 3100. The lowest BCUT2D eigenvalue weighted by Gasteiger charge is -2.31. The Hall–Kier alpha value is -7.44. The summed E-state index contributed by atoms with van der Waals surface area (Å²) in [6.07, 6.45) is 8.94. The number of carbonyl (C=O) groups excluding carboxylic acids is 4. The molecule has 4 amide bonds. The van der Waals surface area contributed by atoms with Crippen LogP contribution in [-0.2, 0) is 0 Å². The number of anilines is 2. The quantitative estimate of drug-likeness (QED) is 0.150. The van der Waals surface area contributed by atoms with Gasteiger partial charge in [0.05, 0.1) is 11.4 Å². The van der Waals surface area contributed by atoms with E-state index < -0.39 is 0 Å². The van der Waals surface area contributed by atoms with Gasteiger partial charge in [-0.15, -0.1) is 0 Å². The summed E-state index contributed by atoms with van der Waals surface area (Å²) in [4.78, 5) is 60.6. The van der Waals surface area contributed by atoms with Crippen LogP contribution in [0.25, 0.3) is 54.9 Å². The molecule has 0 N–H and O–H groups in total. The Labute approximate surface area is 384 Å².